The second-order valence-electron chi connectivity index (χ2n) is 6.99. The van der Waals surface area contributed by atoms with Gasteiger partial charge in [0.2, 0.25) is 11.8 Å². The molecule has 3 rings (SSSR count). The minimum Gasteiger partial charge on any atom is -0.497 e. The maximum absolute atomic E-state index is 12.6. The van der Waals surface area contributed by atoms with Gasteiger partial charge in [-0.25, -0.2) is 0 Å². The fourth-order valence-electron chi connectivity index (χ4n) is 3.96. The third kappa shape index (κ3) is 3.63. The molecule has 1 N–H and O–H groups in total. The van der Waals surface area contributed by atoms with E-state index in [1.54, 1.807) is 14.2 Å². The first-order chi connectivity index (χ1) is 12.1. The molecule has 2 heterocycles. The predicted molar refractivity (Wildman–Crippen MR) is 93.3 cm³/mol. The van der Waals surface area contributed by atoms with Gasteiger partial charge in [0.1, 0.15) is 5.75 Å². The van der Waals surface area contributed by atoms with Crippen LogP contribution in [0.3, 0.4) is 0 Å². The van der Waals surface area contributed by atoms with Crippen molar-refractivity contribution < 1.29 is 19.1 Å². The number of methoxy groups -OCH3 is 2. The molecule has 25 heavy (non-hydrogen) atoms. The van der Waals surface area contributed by atoms with Crippen LogP contribution < -0.4 is 10.1 Å². The Labute approximate surface area is 148 Å². The summed E-state index contributed by atoms with van der Waals surface area (Å²) < 4.78 is 10.4. The van der Waals surface area contributed by atoms with Crippen LogP contribution in [-0.2, 0) is 20.7 Å². The zero-order valence-corrected chi connectivity index (χ0v) is 14.9. The number of nitrogens with zero attached hydrogens (tertiary/aromatic N) is 1. The summed E-state index contributed by atoms with van der Waals surface area (Å²) in [5.74, 6) is 0.912. The van der Waals surface area contributed by atoms with E-state index in [2.05, 4.69) is 5.32 Å². The molecule has 1 atom stereocenters. The van der Waals surface area contributed by atoms with Crippen LogP contribution in [0.2, 0.25) is 0 Å². The topological polar surface area (TPSA) is 67.9 Å². The molecule has 2 fully saturated rings. The minimum absolute atomic E-state index is 0.0655. The number of piperidine rings is 1. The van der Waals surface area contributed by atoms with Crippen molar-refractivity contribution in [2.45, 2.75) is 19.3 Å². The molecule has 1 spiro atoms. The van der Waals surface area contributed by atoms with Crippen LogP contribution in [0.25, 0.3) is 0 Å². The Morgan fingerprint density at radius 3 is 2.52 bits per heavy atom. The number of carbonyl (C=O) groups is 2. The highest BCUT2D eigenvalue weighted by Crippen LogP contribution is 2.42. The summed E-state index contributed by atoms with van der Waals surface area (Å²) in [6.45, 7) is 2.54. The van der Waals surface area contributed by atoms with Gasteiger partial charge in [0, 0.05) is 32.2 Å². The SMILES string of the molecule is COC[C@@H]1C(=O)NCC12CCN(C(=O)Cc1ccc(OC)cc1)CC2. The Hall–Kier alpha value is -2.08. The first-order valence-corrected chi connectivity index (χ1v) is 8.75. The summed E-state index contributed by atoms with van der Waals surface area (Å²) in [5.41, 5.74) is 0.922. The largest absolute Gasteiger partial charge is 0.497 e. The molecule has 6 nitrogen and oxygen atoms in total. The number of hydrogen-bond donors (Lipinski definition) is 1. The molecule has 0 aromatic heterocycles. The molecule has 1 aromatic carbocycles. The zero-order chi connectivity index (χ0) is 17.9. The number of likely N-dealkylation sites (tertiary alicyclic amines) is 1. The number of ether oxygens (including phenoxy) is 2. The van der Waals surface area contributed by atoms with E-state index in [0.717, 1.165) is 24.2 Å². The van der Waals surface area contributed by atoms with E-state index in [9.17, 15) is 9.59 Å². The molecule has 1 aromatic rings. The maximum atomic E-state index is 12.6. The Kier molecular flexibility index (Phi) is 5.27. The average molecular weight is 346 g/mol. The summed E-state index contributed by atoms with van der Waals surface area (Å²) in [6.07, 6.45) is 2.08. The molecule has 6 heteroatoms. The molecule has 0 radical (unpaired) electrons. The minimum atomic E-state index is -0.101. The molecule has 0 aliphatic carbocycles. The predicted octanol–water partition coefficient (Wildman–Crippen LogP) is 1.24. The molecule has 2 saturated heterocycles. The lowest BCUT2D eigenvalue weighted by atomic mass is 9.71. The van der Waals surface area contributed by atoms with Crippen LogP contribution in [0.4, 0.5) is 0 Å². The average Bonchev–Trinajstić information content (AvgIpc) is 2.93. The Bertz CT molecular complexity index is 621. The van der Waals surface area contributed by atoms with Gasteiger partial charge >= 0.3 is 0 Å². The highest BCUT2D eigenvalue weighted by Gasteiger charge is 2.49. The Morgan fingerprint density at radius 1 is 1.24 bits per heavy atom. The van der Waals surface area contributed by atoms with Gasteiger partial charge in [-0.1, -0.05) is 12.1 Å². The van der Waals surface area contributed by atoms with Crippen molar-refractivity contribution in [2.24, 2.45) is 11.3 Å². The van der Waals surface area contributed by atoms with Crippen molar-refractivity contribution in [3.05, 3.63) is 29.8 Å². The van der Waals surface area contributed by atoms with Crippen LogP contribution in [0.1, 0.15) is 18.4 Å². The number of rotatable bonds is 5. The highest BCUT2D eigenvalue weighted by molar-refractivity contribution is 5.82. The lowest BCUT2D eigenvalue weighted by molar-refractivity contribution is -0.134. The van der Waals surface area contributed by atoms with Crippen LogP contribution in [-0.4, -0.2) is 57.2 Å². The fourth-order valence-corrected chi connectivity index (χ4v) is 3.96. The quantitative estimate of drug-likeness (QED) is 0.871. The van der Waals surface area contributed by atoms with Crippen LogP contribution in [0.15, 0.2) is 24.3 Å². The van der Waals surface area contributed by atoms with Gasteiger partial charge < -0.3 is 19.7 Å². The summed E-state index contributed by atoms with van der Waals surface area (Å²) in [4.78, 5) is 26.6. The molecule has 136 valence electrons. The summed E-state index contributed by atoms with van der Waals surface area (Å²) in [7, 11) is 3.26. The van der Waals surface area contributed by atoms with E-state index < -0.39 is 0 Å². The van der Waals surface area contributed by atoms with Crippen LogP contribution in [0, 0.1) is 11.3 Å². The van der Waals surface area contributed by atoms with Gasteiger partial charge in [0.25, 0.3) is 0 Å². The van der Waals surface area contributed by atoms with E-state index in [1.165, 1.54) is 0 Å². The molecule has 0 saturated carbocycles. The van der Waals surface area contributed by atoms with Gasteiger partial charge in [-0.05, 0) is 30.5 Å². The monoisotopic (exact) mass is 346 g/mol. The van der Waals surface area contributed by atoms with Crippen molar-refractivity contribution in [3.63, 3.8) is 0 Å². The first kappa shape index (κ1) is 17.7. The van der Waals surface area contributed by atoms with Gasteiger partial charge in [-0.15, -0.1) is 0 Å². The number of carbonyl (C=O) groups excluding carboxylic acids is 2. The number of amides is 2. The second kappa shape index (κ2) is 7.44. The Balaban J connectivity index is 1.58. The van der Waals surface area contributed by atoms with Crippen LogP contribution in [0.5, 0.6) is 5.75 Å². The lowest BCUT2D eigenvalue weighted by Gasteiger charge is -2.41. The molecule has 2 aliphatic heterocycles. The van der Waals surface area contributed by atoms with Gasteiger partial charge in [0.15, 0.2) is 0 Å². The third-order valence-corrected chi connectivity index (χ3v) is 5.63. The second-order valence-corrected chi connectivity index (χ2v) is 6.99. The number of benzene rings is 1. The van der Waals surface area contributed by atoms with Crippen LogP contribution >= 0.6 is 0 Å². The summed E-state index contributed by atoms with van der Waals surface area (Å²) in [6, 6.07) is 7.60. The zero-order valence-electron chi connectivity index (χ0n) is 14.9. The van der Waals surface area contributed by atoms with Crippen molar-refractivity contribution in [1.82, 2.24) is 10.2 Å². The van der Waals surface area contributed by atoms with E-state index in [4.69, 9.17) is 9.47 Å². The van der Waals surface area contributed by atoms with Gasteiger partial charge in [-0.3, -0.25) is 9.59 Å². The molecule has 2 aliphatic rings. The van der Waals surface area contributed by atoms with E-state index in [0.29, 0.717) is 32.7 Å². The molecular formula is C19H26N2O4. The normalized spacial score (nSPS) is 22.1. The number of nitrogens with one attached hydrogen (secondary N) is 1. The van der Waals surface area contributed by atoms with Crippen molar-refractivity contribution in [2.75, 3.05) is 40.5 Å². The van der Waals surface area contributed by atoms with Gasteiger partial charge in [-0.2, -0.15) is 0 Å². The standard InChI is InChI=1S/C19H26N2O4/c1-24-12-16-18(23)20-13-19(16)7-9-21(10-8-19)17(22)11-14-3-5-15(25-2)6-4-14/h3-6,16H,7-13H2,1-2H3,(H,20,23)/t16-/m1/s1. The maximum Gasteiger partial charge on any atom is 0.226 e. The van der Waals surface area contributed by atoms with Crippen molar-refractivity contribution in [3.8, 4) is 5.75 Å². The summed E-state index contributed by atoms with van der Waals surface area (Å²) >= 11 is 0. The number of hydrogen-bond acceptors (Lipinski definition) is 4. The molecule has 0 bridgehead atoms. The van der Waals surface area contributed by atoms with E-state index in [-0.39, 0.29) is 23.1 Å². The first-order valence-electron chi connectivity index (χ1n) is 8.75. The fraction of sp³-hybridized carbons (Fsp3) is 0.579. The molecule has 2 amide bonds. The van der Waals surface area contributed by atoms with E-state index >= 15 is 0 Å². The smallest absolute Gasteiger partial charge is 0.226 e. The van der Waals surface area contributed by atoms with Gasteiger partial charge in [0.05, 0.1) is 26.1 Å². The molecule has 0 unspecified atom stereocenters. The molecular weight excluding hydrogens is 320 g/mol. The lowest BCUT2D eigenvalue weighted by Crippen LogP contribution is -2.47. The summed E-state index contributed by atoms with van der Waals surface area (Å²) in [5, 5.41) is 2.98. The highest BCUT2D eigenvalue weighted by atomic mass is 16.5. The Morgan fingerprint density at radius 2 is 1.92 bits per heavy atom. The van der Waals surface area contributed by atoms with Crippen molar-refractivity contribution >= 4 is 11.8 Å². The van der Waals surface area contributed by atoms with Crippen molar-refractivity contribution in [1.29, 1.82) is 0 Å². The van der Waals surface area contributed by atoms with E-state index in [1.807, 2.05) is 29.2 Å². The third-order valence-electron chi connectivity index (χ3n) is 5.63.